The van der Waals surface area contributed by atoms with Gasteiger partial charge < -0.3 is 14.8 Å². The molecule has 0 aliphatic carbocycles. The second-order valence-corrected chi connectivity index (χ2v) is 8.13. The SMILES string of the molecule is COc1ccc(NC(=O)CSc2ncnc3c2cnn3-c2ccc(C)cc2C)c(OC)c1. The highest BCUT2D eigenvalue weighted by Crippen LogP contribution is 2.30. The molecule has 2 heterocycles. The van der Waals surface area contributed by atoms with Gasteiger partial charge in [0.05, 0.1) is 42.9 Å². The van der Waals surface area contributed by atoms with Gasteiger partial charge in [-0.15, -0.1) is 0 Å². The van der Waals surface area contributed by atoms with Gasteiger partial charge in [-0.3, -0.25) is 4.79 Å². The normalized spacial score (nSPS) is 10.9. The maximum Gasteiger partial charge on any atom is 0.234 e. The van der Waals surface area contributed by atoms with Gasteiger partial charge in [-0.1, -0.05) is 29.5 Å². The second kappa shape index (κ2) is 9.27. The minimum absolute atomic E-state index is 0.174. The lowest BCUT2D eigenvalue weighted by Gasteiger charge is -2.11. The van der Waals surface area contributed by atoms with Crippen molar-refractivity contribution in [1.82, 2.24) is 19.7 Å². The molecule has 0 unspecified atom stereocenters. The third-order valence-electron chi connectivity index (χ3n) is 4.93. The van der Waals surface area contributed by atoms with Crippen molar-refractivity contribution < 1.29 is 14.3 Å². The fourth-order valence-electron chi connectivity index (χ4n) is 3.38. The topological polar surface area (TPSA) is 91.2 Å². The van der Waals surface area contributed by atoms with Crippen LogP contribution in [0.3, 0.4) is 0 Å². The Morgan fingerprint density at radius 3 is 2.69 bits per heavy atom. The first-order valence-corrected chi connectivity index (χ1v) is 10.9. The van der Waals surface area contributed by atoms with Crippen molar-refractivity contribution in [3.63, 3.8) is 0 Å². The molecule has 4 aromatic rings. The van der Waals surface area contributed by atoms with E-state index in [-0.39, 0.29) is 11.7 Å². The van der Waals surface area contributed by atoms with E-state index < -0.39 is 0 Å². The summed E-state index contributed by atoms with van der Waals surface area (Å²) in [5.41, 5.74) is 4.54. The molecule has 4 rings (SSSR count). The van der Waals surface area contributed by atoms with E-state index in [1.54, 1.807) is 43.3 Å². The minimum atomic E-state index is -0.174. The fourth-order valence-corrected chi connectivity index (χ4v) is 4.14. The number of hydrogen-bond donors (Lipinski definition) is 1. The van der Waals surface area contributed by atoms with Gasteiger partial charge in [0.15, 0.2) is 5.65 Å². The Balaban J connectivity index is 1.52. The van der Waals surface area contributed by atoms with E-state index in [0.29, 0.717) is 27.9 Å². The average molecular weight is 450 g/mol. The number of methoxy groups -OCH3 is 2. The molecule has 1 N–H and O–H groups in total. The van der Waals surface area contributed by atoms with Crippen LogP contribution in [0.4, 0.5) is 5.69 Å². The van der Waals surface area contributed by atoms with Crippen molar-refractivity contribution in [2.24, 2.45) is 0 Å². The molecule has 32 heavy (non-hydrogen) atoms. The van der Waals surface area contributed by atoms with E-state index in [1.807, 2.05) is 19.1 Å². The summed E-state index contributed by atoms with van der Waals surface area (Å²) in [6, 6.07) is 11.4. The lowest BCUT2D eigenvalue weighted by Crippen LogP contribution is -2.14. The molecular formula is C23H23N5O3S. The molecule has 8 nitrogen and oxygen atoms in total. The number of benzene rings is 2. The molecule has 2 aromatic carbocycles. The molecule has 2 aromatic heterocycles. The molecule has 0 aliphatic heterocycles. The van der Waals surface area contributed by atoms with Crippen LogP contribution in [0.15, 0.2) is 53.9 Å². The Kier molecular flexibility index (Phi) is 6.27. The highest BCUT2D eigenvalue weighted by Gasteiger charge is 2.15. The van der Waals surface area contributed by atoms with Crippen molar-refractivity contribution in [3.8, 4) is 17.2 Å². The maximum absolute atomic E-state index is 12.6. The summed E-state index contributed by atoms with van der Waals surface area (Å²) >= 11 is 1.33. The van der Waals surface area contributed by atoms with E-state index in [2.05, 4.69) is 33.4 Å². The van der Waals surface area contributed by atoms with Gasteiger partial charge >= 0.3 is 0 Å². The molecule has 0 bridgehead atoms. The van der Waals surface area contributed by atoms with Gasteiger partial charge in [0.25, 0.3) is 0 Å². The number of ether oxygens (including phenoxy) is 2. The molecule has 0 saturated heterocycles. The molecular weight excluding hydrogens is 426 g/mol. The average Bonchev–Trinajstić information content (AvgIpc) is 3.22. The number of aryl methyl sites for hydroxylation is 2. The molecule has 1 amide bonds. The molecule has 0 atom stereocenters. The third-order valence-corrected chi connectivity index (χ3v) is 5.94. The smallest absolute Gasteiger partial charge is 0.234 e. The lowest BCUT2D eigenvalue weighted by atomic mass is 10.1. The van der Waals surface area contributed by atoms with Crippen LogP contribution in [0, 0.1) is 13.8 Å². The van der Waals surface area contributed by atoms with Gasteiger partial charge in [0.1, 0.15) is 22.9 Å². The number of thioether (sulfide) groups is 1. The van der Waals surface area contributed by atoms with Gasteiger partial charge in [-0.2, -0.15) is 5.10 Å². The van der Waals surface area contributed by atoms with E-state index in [1.165, 1.54) is 23.7 Å². The first kappa shape index (κ1) is 21.6. The van der Waals surface area contributed by atoms with E-state index in [0.717, 1.165) is 16.6 Å². The first-order chi connectivity index (χ1) is 15.5. The highest BCUT2D eigenvalue weighted by molar-refractivity contribution is 8.00. The summed E-state index contributed by atoms with van der Waals surface area (Å²) in [7, 11) is 3.12. The third kappa shape index (κ3) is 4.38. The summed E-state index contributed by atoms with van der Waals surface area (Å²) in [5.74, 6) is 1.18. The standard InChI is InChI=1S/C23H23N5O3S/c1-14-5-8-19(15(2)9-14)28-22-17(11-26-28)23(25-13-24-22)32-12-21(29)27-18-7-6-16(30-3)10-20(18)31-4/h5-11,13H,12H2,1-4H3,(H,27,29). The number of aromatic nitrogens is 4. The number of hydrogen-bond acceptors (Lipinski definition) is 7. The zero-order chi connectivity index (χ0) is 22.7. The van der Waals surface area contributed by atoms with Crippen LogP contribution < -0.4 is 14.8 Å². The van der Waals surface area contributed by atoms with Crippen molar-refractivity contribution in [2.75, 3.05) is 25.3 Å². The number of nitrogens with one attached hydrogen (secondary N) is 1. The zero-order valence-electron chi connectivity index (χ0n) is 18.2. The van der Waals surface area contributed by atoms with Crippen LogP contribution in [0.1, 0.15) is 11.1 Å². The molecule has 0 aliphatic rings. The predicted molar refractivity (Wildman–Crippen MR) is 125 cm³/mol. The quantitative estimate of drug-likeness (QED) is 0.334. The molecule has 0 radical (unpaired) electrons. The van der Waals surface area contributed by atoms with Crippen molar-refractivity contribution >= 4 is 34.4 Å². The first-order valence-electron chi connectivity index (χ1n) is 9.91. The number of amides is 1. The van der Waals surface area contributed by atoms with Gasteiger partial charge in [-0.25, -0.2) is 14.6 Å². The summed E-state index contributed by atoms with van der Waals surface area (Å²) < 4.78 is 12.3. The fraction of sp³-hybridized carbons (Fsp3) is 0.217. The molecule has 164 valence electrons. The second-order valence-electron chi connectivity index (χ2n) is 7.17. The number of fused-ring (bicyclic) bond motifs is 1. The zero-order valence-corrected chi connectivity index (χ0v) is 19.1. The number of rotatable bonds is 7. The van der Waals surface area contributed by atoms with E-state index >= 15 is 0 Å². The Bertz CT molecular complexity index is 1290. The summed E-state index contributed by atoms with van der Waals surface area (Å²) in [6.45, 7) is 4.10. The monoisotopic (exact) mass is 449 g/mol. The largest absolute Gasteiger partial charge is 0.497 e. The predicted octanol–water partition coefficient (Wildman–Crippen LogP) is 4.18. The summed E-state index contributed by atoms with van der Waals surface area (Å²) in [6.07, 6.45) is 3.23. The van der Waals surface area contributed by atoms with Crippen LogP contribution >= 0.6 is 11.8 Å². The van der Waals surface area contributed by atoms with Gasteiger partial charge in [-0.05, 0) is 37.6 Å². The van der Waals surface area contributed by atoms with E-state index in [4.69, 9.17) is 9.47 Å². The maximum atomic E-state index is 12.6. The van der Waals surface area contributed by atoms with Crippen molar-refractivity contribution in [2.45, 2.75) is 18.9 Å². The van der Waals surface area contributed by atoms with Gasteiger partial charge in [0.2, 0.25) is 5.91 Å². The van der Waals surface area contributed by atoms with Crippen molar-refractivity contribution in [1.29, 1.82) is 0 Å². The Morgan fingerprint density at radius 1 is 1.09 bits per heavy atom. The molecule has 0 fully saturated rings. The number of anilines is 1. The Morgan fingerprint density at radius 2 is 1.94 bits per heavy atom. The summed E-state index contributed by atoms with van der Waals surface area (Å²) in [5, 5.41) is 8.89. The van der Waals surface area contributed by atoms with Crippen LogP contribution in [0.2, 0.25) is 0 Å². The van der Waals surface area contributed by atoms with E-state index in [9.17, 15) is 4.79 Å². The van der Waals surface area contributed by atoms with Crippen LogP contribution in [-0.2, 0) is 4.79 Å². The Hall–Kier alpha value is -3.59. The lowest BCUT2D eigenvalue weighted by molar-refractivity contribution is -0.113. The van der Waals surface area contributed by atoms with Crippen molar-refractivity contribution in [3.05, 3.63) is 60.0 Å². The van der Waals surface area contributed by atoms with Crippen LogP contribution in [0.25, 0.3) is 16.7 Å². The highest BCUT2D eigenvalue weighted by atomic mass is 32.2. The molecule has 9 heteroatoms. The van der Waals surface area contributed by atoms with Crippen LogP contribution in [0.5, 0.6) is 11.5 Å². The summed E-state index contributed by atoms with van der Waals surface area (Å²) in [4.78, 5) is 21.4. The minimum Gasteiger partial charge on any atom is -0.497 e. The molecule has 0 saturated carbocycles. The Labute approximate surface area is 190 Å². The number of nitrogens with zero attached hydrogens (tertiary/aromatic N) is 4. The molecule has 0 spiro atoms. The number of carbonyl (C=O) groups is 1. The number of carbonyl (C=O) groups excluding carboxylic acids is 1. The van der Waals surface area contributed by atoms with Crippen LogP contribution in [-0.4, -0.2) is 45.6 Å². The van der Waals surface area contributed by atoms with Gasteiger partial charge in [0, 0.05) is 6.07 Å².